The molecule has 2 heterocycles. The first-order valence-electron chi connectivity index (χ1n) is 6.88. The predicted molar refractivity (Wildman–Crippen MR) is 70.1 cm³/mol. The van der Waals surface area contributed by atoms with Gasteiger partial charge in [0.1, 0.15) is 0 Å². The monoisotopic (exact) mass is 264 g/mol. The van der Waals surface area contributed by atoms with Gasteiger partial charge in [0.2, 0.25) is 0 Å². The van der Waals surface area contributed by atoms with Crippen molar-refractivity contribution in [2.75, 3.05) is 26.3 Å². The summed E-state index contributed by atoms with van der Waals surface area (Å²) < 4.78 is 5.40. The topological polar surface area (TPSA) is 65.6 Å². The number of aromatic amines is 1. The lowest BCUT2D eigenvalue weighted by molar-refractivity contribution is -0.143. The summed E-state index contributed by atoms with van der Waals surface area (Å²) in [5, 5.41) is 9.33. The maximum absolute atomic E-state index is 11.3. The number of morpholine rings is 1. The van der Waals surface area contributed by atoms with Crippen molar-refractivity contribution in [3.05, 3.63) is 23.0 Å². The minimum atomic E-state index is -0.684. The first kappa shape index (κ1) is 12.7. The Balaban J connectivity index is 1.92. The van der Waals surface area contributed by atoms with Crippen LogP contribution in [0.1, 0.15) is 29.3 Å². The number of carbonyl (C=O) groups is 1. The molecule has 1 aliphatic heterocycles. The van der Waals surface area contributed by atoms with E-state index in [1.165, 1.54) is 11.1 Å². The average Bonchev–Trinajstić information content (AvgIpc) is 2.80. The molecule has 2 atom stereocenters. The largest absolute Gasteiger partial charge is 0.481 e. The highest BCUT2D eigenvalue weighted by Crippen LogP contribution is 2.39. The minimum absolute atomic E-state index is 0.222. The summed E-state index contributed by atoms with van der Waals surface area (Å²) >= 11 is 0. The normalized spacial score (nSPS) is 28.1. The average molecular weight is 264 g/mol. The fourth-order valence-electron chi connectivity index (χ4n) is 3.35. The van der Waals surface area contributed by atoms with Crippen molar-refractivity contribution in [1.29, 1.82) is 0 Å². The zero-order valence-electron chi connectivity index (χ0n) is 11.2. The van der Waals surface area contributed by atoms with Gasteiger partial charge in [-0.1, -0.05) is 0 Å². The second-order valence-electron chi connectivity index (χ2n) is 5.50. The molecule has 0 amide bonds. The molecule has 0 aromatic carbocycles. The Hall–Kier alpha value is -1.33. The summed E-state index contributed by atoms with van der Waals surface area (Å²) in [5.74, 6) is -0.963. The van der Waals surface area contributed by atoms with E-state index >= 15 is 0 Å². The van der Waals surface area contributed by atoms with Crippen LogP contribution < -0.4 is 0 Å². The number of aliphatic carboxylic acids is 1. The van der Waals surface area contributed by atoms with E-state index < -0.39 is 5.97 Å². The van der Waals surface area contributed by atoms with Crippen LogP contribution in [-0.2, 0) is 16.0 Å². The number of H-pyrrole nitrogens is 1. The fraction of sp³-hybridized carbons (Fsp3) is 0.643. The van der Waals surface area contributed by atoms with Crippen molar-refractivity contribution in [2.24, 2.45) is 5.92 Å². The van der Waals surface area contributed by atoms with Gasteiger partial charge < -0.3 is 14.8 Å². The number of aromatic nitrogens is 1. The number of fused-ring (bicyclic) bond motifs is 1. The first-order chi connectivity index (χ1) is 9.16. The minimum Gasteiger partial charge on any atom is -0.481 e. The van der Waals surface area contributed by atoms with Crippen LogP contribution in [-0.4, -0.2) is 47.3 Å². The number of carboxylic acid groups (broad SMARTS) is 1. The molecule has 1 aromatic heterocycles. The van der Waals surface area contributed by atoms with Crippen LogP contribution in [0.3, 0.4) is 0 Å². The van der Waals surface area contributed by atoms with Crippen LogP contribution >= 0.6 is 0 Å². The summed E-state index contributed by atoms with van der Waals surface area (Å²) in [6.45, 7) is 5.37. The van der Waals surface area contributed by atoms with Crippen LogP contribution in [0.25, 0.3) is 0 Å². The predicted octanol–water partition coefficient (Wildman–Crippen LogP) is 1.34. The maximum atomic E-state index is 11.3. The lowest BCUT2D eigenvalue weighted by Crippen LogP contribution is -2.42. The summed E-state index contributed by atoms with van der Waals surface area (Å²) in [6, 6.07) is 0.222. The third-order valence-corrected chi connectivity index (χ3v) is 4.34. The molecule has 3 rings (SSSR count). The zero-order chi connectivity index (χ0) is 13.4. The summed E-state index contributed by atoms with van der Waals surface area (Å²) in [5.41, 5.74) is 3.67. The van der Waals surface area contributed by atoms with E-state index in [9.17, 15) is 9.90 Å². The Morgan fingerprint density at radius 2 is 2.21 bits per heavy atom. The number of ether oxygens (including phenoxy) is 1. The van der Waals surface area contributed by atoms with Crippen molar-refractivity contribution in [3.63, 3.8) is 0 Å². The van der Waals surface area contributed by atoms with Crippen molar-refractivity contribution in [3.8, 4) is 0 Å². The van der Waals surface area contributed by atoms with Gasteiger partial charge in [0, 0.05) is 37.4 Å². The fourth-order valence-corrected chi connectivity index (χ4v) is 3.35. The van der Waals surface area contributed by atoms with Crippen LogP contribution in [0.2, 0.25) is 0 Å². The van der Waals surface area contributed by atoms with E-state index in [0.717, 1.165) is 32.0 Å². The third kappa shape index (κ3) is 2.28. The summed E-state index contributed by atoms with van der Waals surface area (Å²) in [6.07, 6.45) is 3.34. The van der Waals surface area contributed by atoms with Crippen molar-refractivity contribution < 1.29 is 14.6 Å². The third-order valence-electron chi connectivity index (χ3n) is 4.34. The molecule has 1 fully saturated rings. The van der Waals surface area contributed by atoms with Gasteiger partial charge in [0.15, 0.2) is 0 Å². The Labute approximate surface area is 112 Å². The number of aryl methyl sites for hydroxylation is 1. The van der Waals surface area contributed by atoms with Gasteiger partial charge in [-0.15, -0.1) is 0 Å². The number of hydrogen-bond donors (Lipinski definition) is 2. The first-order valence-corrected chi connectivity index (χ1v) is 6.88. The van der Waals surface area contributed by atoms with Crippen LogP contribution in [0.4, 0.5) is 0 Å². The SMILES string of the molecule is Cc1c[nH]c2c1C(N1CCOCC1)CC(C(=O)O)C2. The molecule has 104 valence electrons. The van der Waals surface area contributed by atoms with E-state index in [1.807, 2.05) is 6.20 Å². The molecular weight excluding hydrogens is 244 g/mol. The molecular formula is C14H20N2O3. The van der Waals surface area contributed by atoms with Gasteiger partial charge in [-0.3, -0.25) is 9.69 Å². The van der Waals surface area contributed by atoms with E-state index in [2.05, 4.69) is 16.8 Å². The molecule has 0 radical (unpaired) electrons. The number of nitrogens with one attached hydrogen (secondary N) is 1. The number of nitrogens with zero attached hydrogens (tertiary/aromatic N) is 1. The summed E-state index contributed by atoms with van der Waals surface area (Å²) in [4.78, 5) is 17.0. The highest BCUT2D eigenvalue weighted by Gasteiger charge is 2.36. The molecule has 2 unspecified atom stereocenters. The molecule has 5 nitrogen and oxygen atoms in total. The van der Waals surface area contributed by atoms with Gasteiger partial charge in [-0.25, -0.2) is 0 Å². The molecule has 1 aromatic rings. The Morgan fingerprint density at radius 3 is 2.89 bits per heavy atom. The van der Waals surface area contributed by atoms with E-state index in [1.54, 1.807) is 0 Å². The summed E-state index contributed by atoms with van der Waals surface area (Å²) in [7, 11) is 0. The van der Waals surface area contributed by atoms with E-state index in [4.69, 9.17) is 4.74 Å². The second-order valence-corrected chi connectivity index (χ2v) is 5.50. The molecule has 1 aliphatic carbocycles. The number of hydrogen-bond acceptors (Lipinski definition) is 3. The Morgan fingerprint density at radius 1 is 1.47 bits per heavy atom. The van der Waals surface area contributed by atoms with Crippen LogP contribution in [0, 0.1) is 12.8 Å². The van der Waals surface area contributed by atoms with E-state index in [0.29, 0.717) is 12.8 Å². The lowest BCUT2D eigenvalue weighted by Gasteiger charge is -2.39. The van der Waals surface area contributed by atoms with Crippen molar-refractivity contribution >= 4 is 5.97 Å². The highest BCUT2D eigenvalue weighted by atomic mass is 16.5. The Kier molecular flexibility index (Phi) is 3.33. The number of rotatable bonds is 2. The molecule has 0 saturated carbocycles. The second kappa shape index (κ2) is 4.98. The standard InChI is InChI=1S/C14H20N2O3/c1-9-8-15-11-6-10(14(17)18)7-12(13(9)11)16-2-4-19-5-3-16/h8,10,12,15H,2-7H2,1H3,(H,17,18). The van der Waals surface area contributed by atoms with Crippen LogP contribution in [0.5, 0.6) is 0 Å². The van der Waals surface area contributed by atoms with Gasteiger partial charge in [-0.2, -0.15) is 0 Å². The zero-order valence-corrected chi connectivity index (χ0v) is 11.2. The molecule has 2 aliphatic rings. The molecule has 0 bridgehead atoms. The smallest absolute Gasteiger partial charge is 0.306 e. The van der Waals surface area contributed by atoms with Crippen LogP contribution in [0.15, 0.2) is 6.20 Å². The quantitative estimate of drug-likeness (QED) is 0.846. The Bertz CT molecular complexity index is 477. The maximum Gasteiger partial charge on any atom is 0.306 e. The van der Waals surface area contributed by atoms with Crippen molar-refractivity contribution in [1.82, 2.24) is 9.88 Å². The molecule has 1 saturated heterocycles. The lowest BCUT2D eigenvalue weighted by atomic mass is 9.82. The highest BCUT2D eigenvalue weighted by molar-refractivity contribution is 5.71. The van der Waals surface area contributed by atoms with Gasteiger partial charge >= 0.3 is 5.97 Å². The van der Waals surface area contributed by atoms with Crippen molar-refractivity contribution in [2.45, 2.75) is 25.8 Å². The number of carboxylic acids is 1. The molecule has 5 heteroatoms. The molecule has 0 spiro atoms. The van der Waals surface area contributed by atoms with Gasteiger partial charge in [-0.05, 0) is 24.5 Å². The molecule has 2 N–H and O–H groups in total. The van der Waals surface area contributed by atoms with Gasteiger partial charge in [0.25, 0.3) is 0 Å². The van der Waals surface area contributed by atoms with Gasteiger partial charge in [0.05, 0.1) is 19.1 Å². The molecule has 19 heavy (non-hydrogen) atoms. The van der Waals surface area contributed by atoms with E-state index in [-0.39, 0.29) is 12.0 Å².